The number of rotatable bonds is 7. The highest BCUT2D eigenvalue weighted by molar-refractivity contribution is 6.31. The van der Waals surface area contributed by atoms with Gasteiger partial charge < -0.3 is 19.7 Å². The predicted molar refractivity (Wildman–Crippen MR) is 116 cm³/mol. The van der Waals surface area contributed by atoms with Crippen LogP contribution in [-0.2, 0) is 17.8 Å². The van der Waals surface area contributed by atoms with Gasteiger partial charge in [-0.1, -0.05) is 23.7 Å². The van der Waals surface area contributed by atoms with Gasteiger partial charge in [-0.05, 0) is 30.3 Å². The second-order valence-corrected chi connectivity index (χ2v) is 7.06. The maximum Gasteiger partial charge on any atom is 0.322 e. The summed E-state index contributed by atoms with van der Waals surface area (Å²) >= 11 is 6.03. The molecule has 0 aliphatic rings. The van der Waals surface area contributed by atoms with Gasteiger partial charge in [0.15, 0.2) is 0 Å². The molecular weight excluding hydrogens is 408 g/mol. The zero-order valence-electron chi connectivity index (χ0n) is 17.0. The molecule has 1 N–H and O–H groups in total. The molecule has 0 bridgehead atoms. The number of nitrogens with one attached hydrogen (secondary N) is 1. The molecule has 0 saturated heterocycles. The van der Waals surface area contributed by atoms with Gasteiger partial charge in [-0.25, -0.2) is 9.78 Å². The third-order valence-corrected chi connectivity index (χ3v) is 4.82. The molecule has 0 saturated carbocycles. The van der Waals surface area contributed by atoms with E-state index in [1.165, 1.54) is 16.6 Å². The molecule has 8 nitrogen and oxygen atoms in total. The van der Waals surface area contributed by atoms with Crippen molar-refractivity contribution in [1.29, 1.82) is 0 Å². The number of nitrogens with zero attached hydrogens (tertiary/aromatic N) is 3. The summed E-state index contributed by atoms with van der Waals surface area (Å²) in [7, 11) is 4.70. The Hall–Kier alpha value is -3.10. The lowest BCUT2D eigenvalue weighted by Crippen LogP contribution is -2.35. The first-order valence-electron chi connectivity index (χ1n) is 9.27. The molecule has 0 aliphatic carbocycles. The lowest BCUT2D eigenvalue weighted by atomic mass is 10.2. The number of amides is 2. The monoisotopic (exact) mass is 430 g/mol. The first kappa shape index (κ1) is 21.6. The van der Waals surface area contributed by atoms with Crippen molar-refractivity contribution >= 4 is 34.2 Å². The molecule has 0 aliphatic heterocycles. The van der Waals surface area contributed by atoms with Crippen molar-refractivity contribution in [2.45, 2.75) is 13.1 Å². The minimum absolute atomic E-state index is 0.124. The van der Waals surface area contributed by atoms with E-state index in [4.69, 9.17) is 21.1 Å². The number of halogens is 1. The average Bonchev–Trinajstić information content (AvgIpc) is 2.73. The number of benzene rings is 2. The van der Waals surface area contributed by atoms with Gasteiger partial charge in [0.05, 0.1) is 43.4 Å². The second-order valence-electron chi connectivity index (χ2n) is 6.63. The van der Waals surface area contributed by atoms with E-state index in [1.807, 2.05) is 6.07 Å². The number of aromatic nitrogens is 2. The number of carbonyl (C=O) groups is 1. The van der Waals surface area contributed by atoms with Crippen LogP contribution in [0.3, 0.4) is 0 Å². The van der Waals surface area contributed by atoms with Crippen molar-refractivity contribution in [3.05, 3.63) is 63.7 Å². The minimum Gasteiger partial charge on any atom is -0.495 e. The number of para-hydroxylation sites is 1. The zero-order chi connectivity index (χ0) is 21.7. The molecule has 3 rings (SSSR count). The smallest absolute Gasteiger partial charge is 0.322 e. The molecule has 30 heavy (non-hydrogen) atoms. The number of ether oxygens (including phenoxy) is 2. The standard InChI is InChI=1S/C21H23ClN4O4/c1-25(21(28)24-17-12-14(22)8-9-18(17)30-3)13-19-23-16-7-5-4-6-15(16)20(27)26(19)10-11-29-2/h4-9,12H,10-11,13H2,1-3H3,(H,24,28). The van der Waals surface area contributed by atoms with Crippen LogP contribution in [0.4, 0.5) is 10.5 Å². The molecule has 0 fully saturated rings. The van der Waals surface area contributed by atoms with E-state index in [2.05, 4.69) is 10.3 Å². The molecule has 2 amide bonds. The number of fused-ring (bicyclic) bond motifs is 1. The maximum atomic E-state index is 12.9. The van der Waals surface area contributed by atoms with E-state index >= 15 is 0 Å². The van der Waals surface area contributed by atoms with Crippen LogP contribution in [0.25, 0.3) is 10.9 Å². The number of methoxy groups -OCH3 is 2. The van der Waals surface area contributed by atoms with Crippen LogP contribution in [0, 0.1) is 0 Å². The fourth-order valence-corrected chi connectivity index (χ4v) is 3.19. The summed E-state index contributed by atoms with van der Waals surface area (Å²) in [6.07, 6.45) is 0. The second kappa shape index (κ2) is 9.60. The number of hydrogen-bond donors (Lipinski definition) is 1. The summed E-state index contributed by atoms with van der Waals surface area (Å²) in [4.78, 5) is 31.7. The summed E-state index contributed by atoms with van der Waals surface area (Å²) < 4.78 is 11.9. The van der Waals surface area contributed by atoms with Crippen LogP contribution < -0.4 is 15.6 Å². The molecule has 3 aromatic rings. The Morgan fingerprint density at radius 1 is 1.23 bits per heavy atom. The van der Waals surface area contributed by atoms with Crippen molar-refractivity contribution < 1.29 is 14.3 Å². The predicted octanol–water partition coefficient (Wildman–Crippen LogP) is 3.37. The van der Waals surface area contributed by atoms with Crippen molar-refractivity contribution in [1.82, 2.24) is 14.5 Å². The average molecular weight is 431 g/mol. The fraction of sp³-hybridized carbons (Fsp3) is 0.286. The maximum absolute atomic E-state index is 12.9. The molecule has 1 heterocycles. The number of anilines is 1. The lowest BCUT2D eigenvalue weighted by molar-refractivity contribution is 0.183. The number of carbonyl (C=O) groups excluding carboxylic acids is 1. The molecule has 0 unspecified atom stereocenters. The molecule has 2 aromatic carbocycles. The van der Waals surface area contributed by atoms with E-state index in [9.17, 15) is 9.59 Å². The Morgan fingerprint density at radius 2 is 2.00 bits per heavy atom. The van der Waals surface area contributed by atoms with Gasteiger partial charge in [0, 0.05) is 19.2 Å². The third-order valence-electron chi connectivity index (χ3n) is 4.59. The third kappa shape index (κ3) is 4.72. The van der Waals surface area contributed by atoms with Crippen LogP contribution >= 0.6 is 11.6 Å². The minimum atomic E-state index is -0.392. The van der Waals surface area contributed by atoms with Crippen LogP contribution in [0.15, 0.2) is 47.3 Å². The molecular formula is C21H23ClN4O4. The Balaban J connectivity index is 1.88. The first-order valence-corrected chi connectivity index (χ1v) is 9.65. The van der Waals surface area contributed by atoms with Crippen LogP contribution in [0.5, 0.6) is 5.75 Å². The fourth-order valence-electron chi connectivity index (χ4n) is 3.02. The highest BCUT2D eigenvalue weighted by atomic mass is 35.5. The summed E-state index contributed by atoms with van der Waals surface area (Å²) in [6, 6.07) is 11.7. The van der Waals surface area contributed by atoms with Gasteiger partial charge >= 0.3 is 6.03 Å². The van der Waals surface area contributed by atoms with Gasteiger partial charge in [0.2, 0.25) is 0 Å². The molecule has 1 aromatic heterocycles. The van der Waals surface area contributed by atoms with E-state index in [0.29, 0.717) is 46.3 Å². The molecule has 158 valence electrons. The van der Waals surface area contributed by atoms with Crippen molar-refractivity contribution in [3.63, 3.8) is 0 Å². The van der Waals surface area contributed by atoms with Gasteiger partial charge in [0.25, 0.3) is 5.56 Å². The van der Waals surface area contributed by atoms with E-state index in [-0.39, 0.29) is 12.1 Å². The van der Waals surface area contributed by atoms with Crippen molar-refractivity contribution in [2.24, 2.45) is 0 Å². The van der Waals surface area contributed by atoms with E-state index in [1.54, 1.807) is 50.6 Å². The number of hydrogen-bond acceptors (Lipinski definition) is 5. The summed E-state index contributed by atoms with van der Waals surface area (Å²) in [5.74, 6) is 0.952. The quantitative estimate of drug-likeness (QED) is 0.621. The molecule has 0 radical (unpaired) electrons. The van der Waals surface area contributed by atoms with Crippen LogP contribution in [0.2, 0.25) is 5.02 Å². The van der Waals surface area contributed by atoms with Crippen molar-refractivity contribution in [2.75, 3.05) is 33.2 Å². The van der Waals surface area contributed by atoms with Gasteiger partial charge in [-0.2, -0.15) is 0 Å². The normalized spacial score (nSPS) is 10.8. The highest BCUT2D eigenvalue weighted by Gasteiger charge is 2.17. The Labute approximate surface area is 179 Å². The number of urea groups is 1. The first-order chi connectivity index (χ1) is 14.4. The van der Waals surface area contributed by atoms with Gasteiger partial charge in [-0.3, -0.25) is 9.36 Å². The highest BCUT2D eigenvalue weighted by Crippen LogP contribution is 2.27. The molecule has 0 spiro atoms. The largest absolute Gasteiger partial charge is 0.495 e. The molecule has 9 heteroatoms. The summed E-state index contributed by atoms with van der Waals surface area (Å²) in [6.45, 7) is 0.807. The Morgan fingerprint density at radius 3 is 2.73 bits per heavy atom. The van der Waals surface area contributed by atoms with Crippen LogP contribution in [0.1, 0.15) is 5.82 Å². The Bertz CT molecular complexity index is 1120. The van der Waals surface area contributed by atoms with Crippen LogP contribution in [-0.4, -0.2) is 48.4 Å². The molecule has 0 atom stereocenters. The summed E-state index contributed by atoms with van der Waals surface area (Å²) in [5, 5.41) is 3.77. The van der Waals surface area contributed by atoms with Gasteiger partial charge in [-0.15, -0.1) is 0 Å². The van der Waals surface area contributed by atoms with E-state index < -0.39 is 6.03 Å². The van der Waals surface area contributed by atoms with E-state index in [0.717, 1.165) is 0 Å². The van der Waals surface area contributed by atoms with Gasteiger partial charge in [0.1, 0.15) is 11.6 Å². The SMILES string of the molecule is COCCn1c(CN(C)C(=O)Nc2cc(Cl)ccc2OC)nc2ccccc2c1=O. The summed E-state index contributed by atoms with van der Waals surface area (Å²) in [5.41, 5.74) is 0.861. The lowest BCUT2D eigenvalue weighted by Gasteiger charge is -2.21. The zero-order valence-corrected chi connectivity index (χ0v) is 17.8. The Kier molecular flexibility index (Phi) is 6.91. The topological polar surface area (TPSA) is 85.7 Å². The van der Waals surface area contributed by atoms with Crippen molar-refractivity contribution in [3.8, 4) is 5.75 Å².